The molecule has 374 valence electrons. The van der Waals surface area contributed by atoms with E-state index in [0.717, 1.165) is 0 Å². The Labute approximate surface area is 370 Å². The minimum Gasteiger partial charge on any atom is -0.394 e. The van der Waals surface area contributed by atoms with Crippen LogP contribution in [0.15, 0.2) is 12.7 Å². The summed E-state index contributed by atoms with van der Waals surface area (Å²) in [6, 6.07) is 0. The number of nitrogens with two attached hydrogens (primary N) is 2. The Hall–Kier alpha value is -3.76. The molecule has 0 bridgehead atoms. The maximum absolute atomic E-state index is 13.5. The molecule has 0 spiro atoms. The number of hydrogen-bond donors (Lipinski definition) is 7. The zero-order valence-corrected chi connectivity index (χ0v) is 37.6. The number of fused-ring (bicyclic) bond motifs is 2. The highest BCUT2D eigenvalue weighted by Crippen LogP contribution is 2.49. The SMILES string of the molecule is CCOP(=O)(COC[C@H]1O[C@@H](n2cnc3c(N)nc(F)nc32)[C@@H](O)[C@@H]1O)OCC.CCOP(=O)(COS(=O)(=O)C(F)(F)F)OCC.Nc1nc(F)nc2c1ncn2[C@@H]1O[C@H](CO)[C@@H](O)[C@@H]1O. The highest BCUT2D eigenvalue weighted by atomic mass is 32.2. The van der Waals surface area contributed by atoms with Crippen molar-refractivity contribution in [2.24, 2.45) is 0 Å². The largest absolute Gasteiger partial charge is 0.523 e. The maximum Gasteiger partial charge on any atom is 0.523 e. The van der Waals surface area contributed by atoms with Crippen molar-refractivity contribution >= 4 is 59.3 Å². The van der Waals surface area contributed by atoms with Crippen LogP contribution in [0.2, 0.25) is 0 Å². The smallest absolute Gasteiger partial charge is 0.394 e. The number of rotatable bonds is 18. The molecule has 66 heavy (non-hydrogen) atoms. The molecule has 0 unspecified atom stereocenters. The maximum atomic E-state index is 13.5. The summed E-state index contributed by atoms with van der Waals surface area (Å²) in [5.74, 6) is -0.306. The first kappa shape index (κ1) is 54.8. The molecule has 0 aromatic carbocycles. The molecule has 8 atom stereocenters. The number of imidazole rings is 2. The van der Waals surface area contributed by atoms with E-state index in [9.17, 15) is 59.9 Å². The summed E-state index contributed by atoms with van der Waals surface area (Å²) >= 11 is 0. The van der Waals surface area contributed by atoms with Gasteiger partial charge in [-0.1, -0.05) is 0 Å². The summed E-state index contributed by atoms with van der Waals surface area (Å²) < 4.78 is 149. The van der Waals surface area contributed by atoms with Crippen LogP contribution in [0.4, 0.5) is 33.6 Å². The van der Waals surface area contributed by atoms with Gasteiger partial charge in [0.15, 0.2) is 52.8 Å². The summed E-state index contributed by atoms with van der Waals surface area (Å²) in [7, 11) is -13.2. The van der Waals surface area contributed by atoms with E-state index in [-0.39, 0.29) is 73.3 Å². The minimum absolute atomic E-state index is 0.00464. The van der Waals surface area contributed by atoms with Crippen molar-refractivity contribution in [3.05, 3.63) is 24.8 Å². The molecule has 0 amide bonds. The van der Waals surface area contributed by atoms with E-state index in [2.05, 4.69) is 43.1 Å². The van der Waals surface area contributed by atoms with Crippen molar-refractivity contribution in [2.75, 3.05) is 63.8 Å². The van der Waals surface area contributed by atoms with Gasteiger partial charge in [0, 0.05) is 0 Å². The van der Waals surface area contributed by atoms with Crippen LogP contribution in [0.3, 0.4) is 0 Å². The van der Waals surface area contributed by atoms with Crippen LogP contribution < -0.4 is 11.5 Å². The lowest BCUT2D eigenvalue weighted by Crippen LogP contribution is -2.34. The highest BCUT2D eigenvalue weighted by molar-refractivity contribution is 7.87. The van der Waals surface area contributed by atoms with Gasteiger partial charge in [-0.25, -0.2) is 9.97 Å². The number of alkyl halides is 3. The lowest BCUT2D eigenvalue weighted by molar-refractivity contribution is -0.0618. The predicted molar refractivity (Wildman–Crippen MR) is 212 cm³/mol. The van der Waals surface area contributed by atoms with Crippen LogP contribution in [-0.2, 0) is 55.7 Å². The Morgan fingerprint density at radius 1 is 0.697 bits per heavy atom. The van der Waals surface area contributed by atoms with Gasteiger partial charge >= 0.3 is 43.0 Å². The highest BCUT2D eigenvalue weighted by Gasteiger charge is 2.49. The van der Waals surface area contributed by atoms with Crippen LogP contribution >= 0.6 is 15.2 Å². The number of aromatic nitrogens is 8. The van der Waals surface area contributed by atoms with Gasteiger partial charge in [0.25, 0.3) is 0 Å². The summed E-state index contributed by atoms with van der Waals surface area (Å²) in [5.41, 5.74) is 5.90. The number of halogens is 5. The van der Waals surface area contributed by atoms with E-state index in [1.165, 1.54) is 35.6 Å². The first-order valence-corrected chi connectivity index (χ1v) is 24.0. The lowest BCUT2D eigenvalue weighted by Gasteiger charge is -2.19. The Kier molecular flexibility index (Phi) is 19.1. The summed E-state index contributed by atoms with van der Waals surface area (Å²) in [4.78, 5) is 21.8. The first-order valence-electron chi connectivity index (χ1n) is 19.1. The van der Waals surface area contributed by atoms with Crippen LogP contribution in [-0.4, -0.2) is 167 Å². The van der Waals surface area contributed by atoms with Crippen LogP contribution in [0.25, 0.3) is 22.3 Å². The molecule has 27 nitrogen and oxygen atoms in total. The number of aliphatic hydroxyl groups excluding tert-OH is 5. The minimum atomic E-state index is -5.80. The quantitative estimate of drug-likeness (QED) is 0.0236. The number of aliphatic hydroxyl groups is 5. The third-order valence-electron chi connectivity index (χ3n) is 8.73. The third-order valence-corrected chi connectivity index (χ3v) is 13.4. The summed E-state index contributed by atoms with van der Waals surface area (Å²) in [6.45, 7) is 5.64. The molecule has 2 fully saturated rings. The van der Waals surface area contributed by atoms with Crippen molar-refractivity contribution in [2.45, 2.75) is 82.3 Å². The number of nitrogen functional groups attached to an aromatic ring is 2. The fourth-order valence-electron chi connectivity index (χ4n) is 5.89. The average molecular weight is 1020 g/mol. The standard InChI is InChI=1S/C15H23FN5O7P.C10H12FN5O4.C6H12F3O6PS/c1-3-26-29(24,27-4-2)7-25-5-8-10(22)11(23)14(28-8)21-6-18-9-12(17)19-15(16)20-13(9)21;11-10-14-7(12)4-8(15-10)16(2-13-4)9-6(19)5(18)3(1-17)20-9;1-3-13-16(10,14-4-2)5-15-17(11,12)6(7,8)9/h6,8,10-11,14,22-23H,3-5,7H2,1-2H3,(H2,17,19,20);2-3,5-6,9,17-19H,1H2,(H2,12,14,15);3-5H2,1-2H3/t8-,10-,11+,14-;3-,5-,6+,9-;/m11./s1. The Balaban J connectivity index is 0.000000227. The molecule has 4 aromatic heterocycles. The summed E-state index contributed by atoms with van der Waals surface area (Å²) in [5, 5.41) is 49.3. The van der Waals surface area contributed by atoms with E-state index >= 15 is 0 Å². The van der Waals surface area contributed by atoms with Crippen LogP contribution in [0.5, 0.6) is 0 Å². The fourth-order valence-corrected chi connectivity index (χ4v) is 9.45. The average Bonchev–Trinajstić information content (AvgIpc) is 3.99. The van der Waals surface area contributed by atoms with Crippen LogP contribution in [0.1, 0.15) is 40.2 Å². The summed E-state index contributed by atoms with van der Waals surface area (Å²) in [6.07, 6.45) is -10.7. The third kappa shape index (κ3) is 13.1. The second kappa shape index (κ2) is 23.0. The van der Waals surface area contributed by atoms with Crippen molar-refractivity contribution in [3.63, 3.8) is 0 Å². The molecule has 4 aromatic rings. The number of anilines is 2. The molecule has 2 aliphatic rings. The second-order valence-corrected chi connectivity index (χ2v) is 18.8. The van der Waals surface area contributed by atoms with Crippen LogP contribution in [0, 0.1) is 12.2 Å². The van der Waals surface area contributed by atoms with Gasteiger partial charge in [-0.3, -0.25) is 22.4 Å². The number of ether oxygens (including phenoxy) is 3. The van der Waals surface area contributed by atoms with Gasteiger partial charge in [0.1, 0.15) is 43.0 Å². The fraction of sp³-hybridized carbons (Fsp3) is 0.677. The molecule has 0 aliphatic carbocycles. The number of hydrogen-bond acceptors (Lipinski definition) is 25. The monoisotopic (exact) mass is 1020 g/mol. The van der Waals surface area contributed by atoms with E-state index < -0.39 is 105 Å². The normalized spacial score (nSPS) is 23.8. The van der Waals surface area contributed by atoms with E-state index in [4.69, 9.17) is 39.8 Å². The molecule has 0 radical (unpaired) electrons. The molecule has 0 saturated carbocycles. The molecule has 35 heteroatoms. The van der Waals surface area contributed by atoms with Crippen molar-refractivity contribution in [1.29, 1.82) is 0 Å². The molecule has 6 heterocycles. The molecule has 2 aliphatic heterocycles. The molecule has 9 N–H and O–H groups in total. The van der Waals surface area contributed by atoms with Crippen molar-refractivity contribution < 1.29 is 102 Å². The van der Waals surface area contributed by atoms with Gasteiger partial charge in [0.05, 0.1) is 52.3 Å². The second-order valence-electron chi connectivity index (χ2n) is 13.2. The molecule has 2 saturated heterocycles. The zero-order chi connectivity index (χ0) is 49.4. The van der Waals surface area contributed by atoms with Gasteiger partial charge < -0.3 is 69.3 Å². The predicted octanol–water partition coefficient (Wildman–Crippen LogP) is 0.642. The Morgan fingerprint density at radius 3 is 1.47 bits per heavy atom. The Morgan fingerprint density at radius 2 is 1.09 bits per heavy atom. The first-order chi connectivity index (χ1) is 30.9. The number of nitrogens with zero attached hydrogens (tertiary/aromatic N) is 8. The Bertz CT molecular complexity index is 2420. The van der Waals surface area contributed by atoms with Gasteiger partial charge in [-0.2, -0.15) is 50.3 Å². The lowest BCUT2D eigenvalue weighted by atomic mass is 10.1. The van der Waals surface area contributed by atoms with E-state index in [0.29, 0.717) is 0 Å². The van der Waals surface area contributed by atoms with Crippen molar-refractivity contribution in [3.8, 4) is 0 Å². The zero-order valence-electron chi connectivity index (χ0n) is 35.0. The molecule has 6 rings (SSSR count). The van der Waals surface area contributed by atoms with E-state index in [1.54, 1.807) is 13.8 Å². The molecular formula is C31H47F5N10O17P2S. The molecular weight excluding hydrogens is 973 g/mol. The van der Waals surface area contributed by atoms with Crippen molar-refractivity contribution in [1.82, 2.24) is 39.0 Å². The van der Waals surface area contributed by atoms with Gasteiger partial charge in [-0.05, 0) is 27.7 Å². The van der Waals surface area contributed by atoms with Gasteiger partial charge in [0.2, 0.25) is 0 Å². The van der Waals surface area contributed by atoms with Gasteiger partial charge in [-0.15, -0.1) is 0 Å². The topological polar surface area (TPSA) is 383 Å². The van der Waals surface area contributed by atoms with E-state index in [1.807, 2.05) is 0 Å².